The maximum Gasteiger partial charge on any atom is 0.277 e. The van der Waals surface area contributed by atoms with Crippen LogP contribution in [0.1, 0.15) is 16.9 Å². The molecular formula is C19H18N2O4. The number of carbonyl (C=O) groups is 1. The summed E-state index contributed by atoms with van der Waals surface area (Å²) in [5.74, 6) is 0.997. The topological polar surface area (TPSA) is 73.6 Å². The second-order valence-corrected chi connectivity index (χ2v) is 6.07. The predicted octanol–water partition coefficient (Wildman–Crippen LogP) is 3.50. The molecule has 1 aromatic heterocycles. The second kappa shape index (κ2) is 6.94. The minimum Gasteiger partial charge on any atom is -0.493 e. The zero-order chi connectivity index (χ0) is 17.1. The highest BCUT2D eigenvalue weighted by atomic mass is 16.5. The standard InChI is InChI=1S/C19H18N2O4/c22-19(17-7-9-25-21-17)20-15-4-5-16-14(10-15)2-1-3-18(16)24-12-13-6-8-23-11-13/h1-5,7,9-10,13H,6,8,11-12H2,(H,20,22). The molecule has 4 rings (SSSR count). The summed E-state index contributed by atoms with van der Waals surface area (Å²) in [5, 5.41) is 8.46. The molecule has 2 aromatic carbocycles. The molecule has 1 atom stereocenters. The van der Waals surface area contributed by atoms with Crippen molar-refractivity contribution >= 4 is 22.4 Å². The number of benzene rings is 2. The van der Waals surface area contributed by atoms with Gasteiger partial charge >= 0.3 is 0 Å². The highest BCUT2D eigenvalue weighted by Crippen LogP contribution is 2.29. The van der Waals surface area contributed by atoms with Crippen molar-refractivity contribution in [1.82, 2.24) is 5.16 Å². The Morgan fingerprint density at radius 3 is 3.04 bits per heavy atom. The monoisotopic (exact) mass is 338 g/mol. The second-order valence-electron chi connectivity index (χ2n) is 6.07. The van der Waals surface area contributed by atoms with E-state index in [1.807, 2.05) is 36.4 Å². The third-order valence-electron chi connectivity index (χ3n) is 4.27. The summed E-state index contributed by atoms with van der Waals surface area (Å²) in [6.45, 7) is 2.24. The molecule has 1 saturated heterocycles. The first-order chi connectivity index (χ1) is 12.3. The number of amides is 1. The first kappa shape index (κ1) is 15.7. The molecule has 2 heterocycles. The van der Waals surface area contributed by atoms with Crippen LogP contribution in [-0.4, -0.2) is 30.9 Å². The Balaban J connectivity index is 1.51. The van der Waals surface area contributed by atoms with E-state index in [1.165, 1.54) is 12.3 Å². The molecule has 6 nitrogen and oxygen atoms in total. The van der Waals surface area contributed by atoms with Crippen LogP contribution in [-0.2, 0) is 4.74 Å². The lowest BCUT2D eigenvalue weighted by molar-refractivity contribution is 0.101. The molecule has 1 aliphatic rings. The lowest BCUT2D eigenvalue weighted by atomic mass is 10.1. The number of aromatic nitrogens is 1. The van der Waals surface area contributed by atoms with Gasteiger partial charge in [-0.25, -0.2) is 0 Å². The number of hydrogen-bond acceptors (Lipinski definition) is 5. The van der Waals surface area contributed by atoms with Gasteiger partial charge in [0.1, 0.15) is 12.0 Å². The van der Waals surface area contributed by atoms with Gasteiger partial charge < -0.3 is 19.3 Å². The molecule has 128 valence electrons. The van der Waals surface area contributed by atoms with Gasteiger partial charge in [0.2, 0.25) is 0 Å². The minimum absolute atomic E-state index is 0.246. The molecule has 0 saturated carbocycles. The number of nitrogens with one attached hydrogen (secondary N) is 1. The quantitative estimate of drug-likeness (QED) is 0.771. The summed E-state index contributed by atoms with van der Waals surface area (Å²) in [6, 6.07) is 13.2. The first-order valence-electron chi connectivity index (χ1n) is 8.24. The lowest BCUT2D eigenvalue weighted by Gasteiger charge is -2.13. The van der Waals surface area contributed by atoms with Crippen molar-refractivity contribution in [3.8, 4) is 5.75 Å². The number of rotatable bonds is 5. The van der Waals surface area contributed by atoms with E-state index < -0.39 is 0 Å². The molecular weight excluding hydrogens is 320 g/mol. The number of carbonyl (C=O) groups excluding carboxylic acids is 1. The van der Waals surface area contributed by atoms with Crippen LogP contribution in [0.4, 0.5) is 5.69 Å². The molecule has 1 amide bonds. The summed E-state index contributed by atoms with van der Waals surface area (Å²) < 4.78 is 16.1. The van der Waals surface area contributed by atoms with Crippen molar-refractivity contribution in [2.75, 3.05) is 25.1 Å². The van der Waals surface area contributed by atoms with Crippen molar-refractivity contribution in [2.45, 2.75) is 6.42 Å². The largest absolute Gasteiger partial charge is 0.493 e. The fourth-order valence-corrected chi connectivity index (χ4v) is 2.90. The van der Waals surface area contributed by atoms with Crippen LogP contribution >= 0.6 is 0 Å². The molecule has 0 bridgehead atoms. The molecule has 1 fully saturated rings. The van der Waals surface area contributed by atoms with Crippen LogP contribution in [0.5, 0.6) is 5.75 Å². The van der Waals surface area contributed by atoms with Crippen LogP contribution in [0.25, 0.3) is 10.8 Å². The van der Waals surface area contributed by atoms with Gasteiger partial charge in [-0.05, 0) is 36.1 Å². The summed E-state index contributed by atoms with van der Waals surface area (Å²) >= 11 is 0. The van der Waals surface area contributed by atoms with Gasteiger partial charge in [0.25, 0.3) is 5.91 Å². The van der Waals surface area contributed by atoms with E-state index in [9.17, 15) is 4.79 Å². The average molecular weight is 338 g/mol. The van der Waals surface area contributed by atoms with E-state index in [-0.39, 0.29) is 11.6 Å². The van der Waals surface area contributed by atoms with Crippen LogP contribution < -0.4 is 10.1 Å². The van der Waals surface area contributed by atoms with Crippen LogP contribution in [0, 0.1) is 5.92 Å². The van der Waals surface area contributed by atoms with Gasteiger partial charge in [-0.15, -0.1) is 0 Å². The SMILES string of the molecule is O=C(Nc1ccc2c(OCC3CCOC3)cccc2c1)c1ccon1. The van der Waals surface area contributed by atoms with Crippen molar-refractivity contribution in [3.05, 3.63) is 54.4 Å². The van der Waals surface area contributed by atoms with Gasteiger partial charge in [-0.2, -0.15) is 0 Å². The van der Waals surface area contributed by atoms with Crippen molar-refractivity contribution in [1.29, 1.82) is 0 Å². The van der Waals surface area contributed by atoms with Gasteiger partial charge in [0.15, 0.2) is 5.69 Å². The molecule has 0 aliphatic carbocycles. The van der Waals surface area contributed by atoms with Crippen LogP contribution in [0.2, 0.25) is 0 Å². The normalized spacial score (nSPS) is 16.9. The van der Waals surface area contributed by atoms with E-state index in [1.54, 1.807) is 0 Å². The van der Waals surface area contributed by atoms with Crippen LogP contribution in [0.3, 0.4) is 0 Å². The molecule has 0 spiro atoms. The van der Waals surface area contributed by atoms with Gasteiger partial charge in [-0.1, -0.05) is 17.3 Å². The van der Waals surface area contributed by atoms with Crippen molar-refractivity contribution in [2.24, 2.45) is 5.92 Å². The fourth-order valence-electron chi connectivity index (χ4n) is 2.90. The zero-order valence-corrected chi connectivity index (χ0v) is 13.6. The highest BCUT2D eigenvalue weighted by molar-refractivity contribution is 6.04. The number of fused-ring (bicyclic) bond motifs is 1. The predicted molar refractivity (Wildman–Crippen MR) is 92.8 cm³/mol. The Bertz CT molecular complexity index is 870. The summed E-state index contributed by atoms with van der Waals surface area (Å²) in [6.07, 6.45) is 2.41. The Hall–Kier alpha value is -2.86. The number of anilines is 1. The lowest BCUT2D eigenvalue weighted by Crippen LogP contribution is -2.12. The molecule has 1 N–H and O–H groups in total. The fraction of sp³-hybridized carbons (Fsp3) is 0.263. The Morgan fingerprint density at radius 2 is 2.24 bits per heavy atom. The third kappa shape index (κ3) is 3.49. The molecule has 1 aliphatic heterocycles. The Kier molecular flexibility index (Phi) is 4.35. The highest BCUT2D eigenvalue weighted by Gasteiger charge is 2.17. The van der Waals surface area contributed by atoms with E-state index in [2.05, 4.69) is 10.5 Å². The van der Waals surface area contributed by atoms with Crippen LogP contribution in [0.15, 0.2) is 53.3 Å². The molecule has 25 heavy (non-hydrogen) atoms. The van der Waals surface area contributed by atoms with E-state index in [0.29, 0.717) is 18.2 Å². The molecule has 0 radical (unpaired) electrons. The smallest absolute Gasteiger partial charge is 0.277 e. The molecule has 3 aromatic rings. The third-order valence-corrected chi connectivity index (χ3v) is 4.27. The van der Waals surface area contributed by atoms with Crippen molar-refractivity contribution in [3.63, 3.8) is 0 Å². The van der Waals surface area contributed by atoms with E-state index >= 15 is 0 Å². The first-order valence-corrected chi connectivity index (χ1v) is 8.24. The van der Waals surface area contributed by atoms with E-state index in [4.69, 9.17) is 14.0 Å². The van der Waals surface area contributed by atoms with E-state index in [0.717, 1.165) is 36.2 Å². The maximum atomic E-state index is 12.1. The molecule has 6 heteroatoms. The number of hydrogen-bond donors (Lipinski definition) is 1. The Labute approximate surface area is 144 Å². The van der Waals surface area contributed by atoms with Gasteiger partial charge in [0.05, 0.1) is 13.2 Å². The minimum atomic E-state index is -0.304. The van der Waals surface area contributed by atoms with Gasteiger partial charge in [-0.3, -0.25) is 4.79 Å². The van der Waals surface area contributed by atoms with Crippen molar-refractivity contribution < 1.29 is 18.8 Å². The molecule has 1 unspecified atom stereocenters. The zero-order valence-electron chi connectivity index (χ0n) is 13.6. The Morgan fingerprint density at radius 1 is 1.28 bits per heavy atom. The number of nitrogens with zero attached hydrogens (tertiary/aromatic N) is 1. The summed E-state index contributed by atoms with van der Waals surface area (Å²) in [5.41, 5.74) is 0.942. The average Bonchev–Trinajstić information content (AvgIpc) is 3.33. The maximum absolute atomic E-state index is 12.1. The summed E-state index contributed by atoms with van der Waals surface area (Å²) in [7, 11) is 0. The number of ether oxygens (including phenoxy) is 2. The van der Waals surface area contributed by atoms with Gasteiger partial charge in [0, 0.05) is 29.7 Å². The summed E-state index contributed by atoms with van der Waals surface area (Å²) in [4.78, 5) is 12.1.